The van der Waals surface area contributed by atoms with Crippen LogP contribution in [0.3, 0.4) is 0 Å². The summed E-state index contributed by atoms with van der Waals surface area (Å²) in [7, 11) is 0. The highest BCUT2D eigenvalue weighted by atomic mass is 35.5. The van der Waals surface area contributed by atoms with E-state index in [9.17, 15) is 0 Å². The average molecular weight is 338 g/mol. The second kappa shape index (κ2) is 10.6. The van der Waals surface area contributed by atoms with Crippen molar-refractivity contribution in [2.75, 3.05) is 0 Å². The summed E-state index contributed by atoms with van der Waals surface area (Å²) in [6.07, 6.45) is 15.4. The number of nitrogens with one attached hydrogen (secondary N) is 1. The zero-order valence-corrected chi connectivity index (χ0v) is 15.2. The molecular weight excluding hydrogens is 306 g/mol. The molecule has 0 atom stereocenters. The van der Waals surface area contributed by atoms with E-state index in [1.807, 2.05) is 6.07 Å². The number of rotatable bonds is 8. The van der Waals surface area contributed by atoms with Gasteiger partial charge in [-0.15, -0.1) is 12.4 Å². The Balaban J connectivity index is 0.00000264. The molecule has 0 amide bonds. The molecule has 0 radical (unpaired) electrons. The summed E-state index contributed by atoms with van der Waals surface area (Å²) in [6, 6.07) is 4.00. The molecule has 1 aromatic rings. The van der Waals surface area contributed by atoms with E-state index in [4.69, 9.17) is 11.1 Å². The fourth-order valence-electron chi connectivity index (χ4n) is 3.59. The number of unbranched alkanes of at least 4 members (excludes halogenated alkanes) is 4. The molecule has 130 valence electrons. The highest BCUT2D eigenvalue weighted by molar-refractivity contribution is 5.94. The summed E-state index contributed by atoms with van der Waals surface area (Å²) in [6.45, 7) is 2.28. The number of hydrogen-bond donors (Lipinski definition) is 2. The zero-order chi connectivity index (χ0) is 15.8. The van der Waals surface area contributed by atoms with E-state index < -0.39 is 0 Å². The average Bonchev–Trinajstić information content (AvgIpc) is 2.55. The number of amidine groups is 1. The van der Waals surface area contributed by atoms with E-state index in [1.165, 1.54) is 69.9 Å². The minimum absolute atomic E-state index is 0. The zero-order valence-electron chi connectivity index (χ0n) is 14.4. The van der Waals surface area contributed by atoms with E-state index in [-0.39, 0.29) is 18.2 Å². The Labute approximate surface area is 147 Å². The molecule has 0 aromatic carbocycles. The summed E-state index contributed by atoms with van der Waals surface area (Å²) in [5.74, 6) is 1.65. The van der Waals surface area contributed by atoms with Gasteiger partial charge in [-0.1, -0.05) is 45.4 Å². The number of nitrogen functional groups attached to an aromatic ring is 1. The molecule has 1 aliphatic carbocycles. The minimum atomic E-state index is 0. The molecule has 1 aromatic heterocycles. The normalized spacial score (nSPS) is 20.7. The van der Waals surface area contributed by atoms with Crippen molar-refractivity contribution in [3.8, 4) is 0 Å². The van der Waals surface area contributed by atoms with Gasteiger partial charge in [0.15, 0.2) is 0 Å². The highest BCUT2D eigenvalue weighted by Crippen LogP contribution is 2.37. The summed E-state index contributed by atoms with van der Waals surface area (Å²) in [5.41, 5.74) is 7.39. The molecule has 0 bridgehead atoms. The van der Waals surface area contributed by atoms with Crippen LogP contribution in [0, 0.1) is 11.3 Å². The van der Waals surface area contributed by atoms with Gasteiger partial charge in [-0.25, -0.2) is 0 Å². The second-order valence-electron chi connectivity index (χ2n) is 6.81. The van der Waals surface area contributed by atoms with Crippen LogP contribution in [-0.2, 0) is 0 Å². The molecular formula is C19H32ClN3. The van der Waals surface area contributed by atoms with Crippen LogP contribution in [0.15, 0.2) is 18.3 Å². The molecule has 1 heterocycles. The second-order valence-corrected chi connectivity index (χ2v) is 6.81. The van der Waals surface area contributed by atoms with E-state index in [2.05, 4.69) is 18.0 Å². The van der Waals surface area contributed by atoms with Crippen molar-refractivity contribution in [2.45, 2.75) is 77.0 Å². The maximum absolute atomic E-state index is 7.42. The molecule has 23 heavy (non-hydrogen) atoms. The van der Waals surface area contributed by atoms with Crippen LogP contribution in [0.4, 0.5) is 0 Å². The monoisotopic (exact) mass is 337 g/mol. The number of hydrogen-bond acceptors (Lipinski definition) is 2. The molecule has 0 saturated heterocycles. The van der Waals surface area contributed by atoms with Crippen LogP contribution in [0.1, 0.15) is 88.3 Å². The fourth-order valence-corrected chi connectivity index (χ4v) is 3.59. The minimum Gasteiger partial charge on any atom is -0.384 e. The summed E-state index contributed by atoms with van der Waals surface area (Å²) >= 11 is 0. The van der Waals surface area contributed by atoms with E-state index in [0.29, 0.717) is 5.92 Å². The lowest BCUT2D eigenvalue weighted by Gasteiger charge is -2.28. The highest BCUT2D eigenvalue weighted by Gasteiger charge is 2.22. The standard InChI is InChI=1S/C19H31N3.ClH/c1-2-3-4-5-6-7-15-8-10-16(11-9-15)18-13-12-17(14-22-18)19(20)21;/h12-16H,2-11H2,1H3,(H3,20,21);1H. The van der Waals surface area contributed by atoms with Crippen molar-refractivity contribution in [3.63, 3.8) is 0 Å². The largest absolute Gasteiger partial charge is 0.384 e. The van der Waals surface area contributed by atoms with Gasteiger partial charge in [0.1, 0.15) is 5.84 Å². The first kappa shape index (κ1) is 20.0. The quantitative estimate of drug-likeness (QED) is 0.378. The van der Waals surface area contributed by atoms with Gasteiger partial charge in [0.05, 0.1) is 0 Å². The molecule has 1 saturated carbocycles. The van der Waals surface area contributed by atoms with Gasteiger partial charge < -0.3 is 5.73 Å². The van der Waals surface area contributed by atoms with Gasteiger partial charge in [0, 0.05) is 23.4 Å². The number of pyridine rings is 1. The van der Waals surface area contributed by atoms with Crippen LogP contribution in [-0.4, -0.2) is 10.8 Å². The van der Waals surface area contributed by atoms with Crippen molar-refractivity contribution in [3.05, 3.63) is 29.6 Å². The predicted molar refractivity (Wildman–Crippen MR) is 101 cm³/mol. The third-order valence-corrected chi connectivity index (χ3v) is 5.08. The first-order valence-corrected chi connectivity index (χ1v) is 9.01. The van der Waals surface area contributed by atoms with Crippen molar-refractivity contribution in [1.29, 1.82) is 5.41 Å². The molecule has 0 aliphatic heterocycles. The first-order valence-electron chi connectivity index (χ1n) is 9.01. The lowest BCUT2D eigenvalue weighted by atomic mass is 9.78. The van der Waals surface area contributed by atoms with E-state index in [1.54, 1.807) is 6.20 Å². The van der Waals surface area contributed by atoms with Crippen molar-refractivity contribution >= 4 is 18.2 Å². The molecule has 2 rings (SSSR count). The van der Waals surface area contributed by atoms with Crippen molar-refractivity contribution in [2.24, 2.45) is 11.7 Å². The molecule has 1 aliphatic rings. The Morgan fingerprint density at radius 3 is 2.39 bits per heavy atom. The van der Waals surface area contributed by atoms with Gasteiger partial charge in [-0.2, -0.15) is 0 Å². The predicted octanol–water partition coefficient (Wildman–Crippen LogP) is 5.42. The van der Waals surface area contributed by atoms with E-state index >= 15 is 0 Å². The molecule has 3 nitrogen and oxygen atoms in total. The van der Waals surface area contributed by atoms with Crippen molar-refractivity contribution in [1.82, 2.24) is 4.98 Å². The Morgan fingerprint density at radius 1 is 1.13 bits per heavy atom. The van der Waals surface area contributed by atoms with Gasteiger partial charge in [0.2, 0.25) is 0 Å². The molecule has 4 heteroatoms. The van der Waals surface area contributed by atoms with Crippen LogP contribution in [0.25, 0.3) is 0 Å². The Hall–Kier alpha value is -1.09. The van der Waals surface area contributed by atoms with Gasteiger partial charge in [-0.3, -0.25) is 10.4 Å². The molecule has 1 fully saturated rings. The first-order chi connectivity index (χ1) is 10.7. The maximum Gasteiger partial charge on any atom is 0.124 e. The van der Waals surface area contributed by atoms with Gasteiger partial charge in [-0.05, 0) is 43.7 Å². The molecule has 3 N–H and O–H groups in total. The fraction of sp³-hybridized carbons (Fsp3) is 0.684. The van der Waals surface area contributed by atoms with Crippen LogP contribution < -0.4 is 5.73 Å². The summed E-state index contributed by atoms with van der Waals surface area (Å²) < 4.78 is 0. The van der Waals surface area contributed by atoms with Crippen LogP contribution in [0.2, 0.25) is 0 Å². The van der Waals surface area contributed by atoms with Crippen LogP contribution in [0.5, 0.6) is 0 Å². The topological polar surface area (TPSA) is 62.8 Å². The lowest BCUT2D eigenvalue weighted by molar-refractivity contribution is 0.299. The Kier molecular flexibility index (Phi) is 9.23. The number of nitrogens with two attached hydrogens (primary N) is 1. The lowest BCUT2D eigenvalue weighted by Crippen LogP contribution is -2.15. The maximum atomic E-state index is 7.42. The third kappa shape index (κ3) is 6.50. The van der Waals surface area contributed by atoms with E-state index in [0.717, 1.165) is 11.5 Å². The summed E-state index contributed by atoms with van der Waals surface area (Å²) in [5, 5.41) is 7.42. The Morgan fingerprint density at radius 2 is 1.83 bits per heavy atom. The number of nitrogens with zero attached hydrogens (tertiary/aromatic N) is 1. The summed E-state index contributed by atoms with van der Waals surface area (Å²) in [4.78, 5) is 4.52. The van der Waals surface area contributed by atoms with Crippen LogP contribution >= 0.6 is 12.4 Å². The number of aromatic nitrogens is 1. The molecule has 0 spiro atoms. The Bertz CT molecular complexity index is 450. The van der Waals surface area contributed by atoms with Gasteiger partial charge >= 0.3 is 0 Å². The molecule has 0 unspecified atom stereocenters. The smallest absolute Gasteiger partial charge is 0.124 e. The van der Waals surface area contributed by atoms with Crippen molar-refractivity contribution < 1.29 is 0 Å². The third-order valence-electron chi connectivity index (χ3n) is 5.08. The van der Waals surface area contributed by atoms with Gasteiger partial charge in [0.25, 0.3) is 0 Å². The SMILES string of the molecule is CCCCCCCC1CCC(c2ccc(C(=N)N)cn2)CC1.Cl. The number of halogens is 1.